The number of carbonyl (C=O) groups is 2. The summed E-state index contributed by atoms with van der Waals surface area (Å²) in [5, 5.41) is 2.85. The lowest BCUT2D eigenvalue weighted by Gasteiger charge is -2.26. The van der Waals surface area contributed by atoms with Gasteiger partial charge in [0, 0.05) is 33.4 Å². The highest BCUT2D eigenvalue weighted by molar-refractivity contribution is 5.91. The fourth-order valence-corrected chi connectivity index (χ4v) is 2.76. The quantitative estimate of drug-likeness (QED) is 0.771. The van der Waals surface area contributed by atoms with Crippen molar-refractivity contribution in [2.45, 2.75) is 32.2 Å². The summed E-state index contributed by atoms with van der Waals surface area (Å²) >= 11 is 0. The van der Waals surface area contributed by atoms with Gasteiger partial charge in [-0.25, -0.2) is 4.98 Å². The molecule has 7 nitrogen and oxygen atoms in total. The Morgan fingerprint density at radius 2 is 2.13 bits per heavy atom. The second-order valence-electron chi connectivity index (χ2n) is 6.08. The van der Waals surface area contributed by atoms with Gasteiger partial charge >= 0.3 is 0 Å². The third-order valence-corrected chi connectivity index (χ3v) is 4.01. The van der Waals surface area contributed by atoms with Crippen LogP contribution in [0.15, 0.2) is 12.4 Å². The van der Waals surface area contributed by atoms with Crippen LogP contribution in [0.5, 0.6) is 0 Å². The molecule has 0 aliphatic carbocycles. The molecule has 0 radical (unpaired) electrons. The summed E-state index contributed by atoms with van der Waals surface area (Å²) in [6, 6.07) is -0.0105. The Kier molecular flexibility index (Phi) is 6.04. The van der Waals surface area contributed by atoms with Crippen molar-refractivity contribution in [3.05, 3.63) is 23.8 Å². The van der Waals surface area contributed by atoms with E-state index < -0.39 is 0 Å². The molecular weight excluding hydrogens is 294 g/mol. The van der Waals surface area contributed by atoms with Crippen LogP contribution in [0.3, 0.4) is 0 Å². The SMILES string of the molecule is Cc1cnc(C(=O)NCCCN2CCC[C@@H]2C(=O)N(C)C)cn1. The van der Waals surface area contributed by atoms with E-state index in [1.807, 2.05) is 6.92 Å². The zero-order chi connectivity index (χ0) is 16.8. The topological polar surface area (TPSA) is 78.4 Å². The summed E-state index contributed by atoms with van der Waals surface area (Å²) in [7, 11) is 3.59. The Morgan fingerprint density at radius 3 is 2.78 bits per heavy atom. The molecule has 1 N–H and O–H groups in total. The first-order valence-electron chi connectivity index (χ1n) is 8.01. The van der Waals surface area contributed by atoms with Gasteiger partial charge in [0.2, 0.25) is 5.91 Å². The molecule has 1 aliphatic heterocycles. The van der Waals surface area contributed by atoms with E-state index in [-0.39, 0.29) is 17.9 Å². The molecule has 1 aromatic heterocycles. The predicted molar refractivity (Wildman–Crippen MR) is 87.0 cm³/mol. The average molecular weight is 319 g/mol. The second kappa shape index (κ2) is 8.01. The minimum Gasteiger partial charge on any atom is -0.351 e. The summed E-state index contributed by atoms with van der Waals surface area (Å²) in [4.78, 5) is 36.0. The van der Waals surface area contributed by atoms with Gasteiger partial charge in [0.25, 0.3) is 5.91 Å². The highest BCUT2D eigenvalue weighted by Gasteiger charge is 2.30. The molecule has 0 saturated carbocycles. The minimum atomic E-state index is -0.208. The summed E-state index contributed by atoms with van der Waals surface area (Å²) in [6.45, 7) is 4.15. The maximum absolute atomic E-state index is 12.1. The lowest BCUT2D eigenvalue weighted by atomic mass is 10.2. The van der Waals surface area contributed by atoms with Crippen LogP contribution in [-0.4, -0.2) is 71.4 Å². The molecule has 2 amide bonds. The van der Waals surface area contributed by atoms with E-state index in [0.29, 0.717) is 12.2 Å². The van der Waals surface area contributed by atoms with E-state index in [9.17, 15) is 9.59 Å². The molecule has 23 heavy (non-hydrogen) atoms. The first kappa shape index (κ1) is 17.3. The fraction of sp³-hybridized carbons (Fsp3) is 0.625. The standard InChI is InChI=1S/C16H25N5O2/c1-12-10-19-13(11-18-12)15(22)17-7-5-9-21-8-4-6-14(21)16(23)20(2)3/h10-11,14H,4-9H2,1-3H3,(H,17,22)/t14-/m1/s1. The van der Waals surface area contributed by atoms with Crippen LogP contribution in [0.2, 0.25) is 0 Å². The van der Waals surface area contributed by atoms with Crippen LogP contribution >= 0.6 is 0 Å². The van der Waals surface area contributed by atoms with Crippen LogP contribution < -0.4 is 5.32 Å². The Morgan fingerprint density at radius 1 is 1.35 bits per heavy atom. The second-order valence-corrected chi connectivity index (χ2v) is 6.08. The number of rotatable bonds is 6. The van der Waals surface area contributed by atoms with Gasteiger partial charge in [-0.15, -0.1) is 0 Å². The molecule has 0 unspecified atom stereocenters. The highest BCUT2D eigenvalue weighted by Crippen LogP contribution is 2.18. The van der Waals surface area contributed by atoms with Crippen molar-refractivity contribution in [2.24, 2.45) is 0 Å². The van der Waals surface area contributed by atoms with Crippen molar-refractivity contribution in [3.63, 3.8) is 0 Å². The third kappa shape index (κ3) is 4.72. The van der Waals surface area contributed by atoms with E-state index in [1.54, 1.807) is 25.2 Å². The number of aromatic nitrogens is 2. The van der Waals surface area contributed by atoms with E-state index >= 15 is 0 Å². The van der Waals surface area contributed by atoms with Gasteiger partial charge in [-0.3, -0.25) is 19.5 Å². The molecule has 1 saturated heterocycles. The number of likely N-dealkylation sites (tertiary alicyclic amines) is 1. The summed E-state index contributed by atoms with van der Waals surface area (Å²) < 4.78 is 0. The van der Waals surface area contributed by atoms with Gasteiger partial charge in [-0.05, 0) is 32.7 Å². The molecule has 2 heterocycles. The third-order valence-electron chi connectivity index (χ3n) is 4.01. The number of hydrogen-bond acceptors (Lipinski definition) is 5. The number of amides is 2. The van der Waals surface area contributed by atoms with Gasteiger partial charge in [0.15, 0.2) is 0 Å². The van der Waals surface area contributed by atoms with E-state index in [0.717, 1.165) is 38.0 Å². The fourth-order valence-electron chi connectivity index (χ4n) is 2.76. The molecule has 1 fully saturated rings. The number of nitrogens with zero attached hydrogens (tertiary/aromatic N) is 4. The Hall–Kier alpha value is -2.02. The maximum Gasteiger partial charge on any atom is 0.271 e. The van der Waals surface area contributed by atoms with Crippen LogP contribution in [-0.2, 0) is 4.79 Å². The van der Waals surface area contributed by atoms with Crippen LogP contribution in [0.25, 0.3) is 0 Å². The summed E-state index contributed by atoms with van der Waals surface area (Å²) in [5.74, 6) is -0.0405. The van der Waals surface area contributed by atoms with Gasteiger partial charge in [-0.2, -0.15) is 0 Å². The van der Waals surface area contributed by atoms with Gasteiger partial charge in [0.1, 0.15) is 5.69 Å². The van der Waals surface area contributed by atoms with E-state index in [4.69, 9.17) is 0 Å². The van der Waals surface area contributed by atoms with E-state index in [1.165, 1.54) is 6.20 Å². The van der Waals surface area contributed by atoms with Crippen LogP contribution in [0.1, 0.15) is 35.4 Å². The summed E-state index contributed by atoms with van der Waals surface area (Å²) in [5.41, 5.74) is 1.12. The largest absolute Gasteiger partial charge is 0.351 e. The molecule has 7 heteroatoms. The Labute approximate surface area is 137 Å². The molecule has 1 aromatic rings. The highest BCUT2D eigenvalue weighted by atomic mass is 16.2. The first-order valence-corrected chi connectivity index (χ1v) is 8.01. The molecule has 0 bridgehead atoms. The molecule has 0 aromatic carbocycles. The number of nitrogens with one attached hydrogen (secondary N) is 1. The number of carbonyl (C=O) groups excluding carboxylic acids is 2. The zero-order valence-electron chi connectivity index (χ0n) is 14.1. The Bertz CT molecular complexity index is 544. The van der Waals surface area contributed by atoms with Crippen LogP contribution in [0, 0.1) is 6.92 Å². The van der Waals surface area contributed by atoms with Gasteiger partial charge < -0.3 is 10.2 Å². The van der Waals surface area contributed by atoms with Gasteiger partial charge in [0.05, 0.1) is 17.9 Å². The number of likely N-dealkylation sites (N-methyl/N-ethyl adjacent to an activating group) is 1. The number of hydrogen-bond donors (Lipinski definition) is 1. The molecule has 1 atom stereocenters. The van der Waals surface area contributed by atoms with Crippen molar-refractivity contribution < 1.29 is 9.59 Å². The zero-order valence-corrected chi connectivity index (χ0v) is 14.1. The minimum absolute atomic E-state index is 0.0105. The monoisotopic (exact) mass is 319 g/mol. The maximum atomic E-state index is 12.1. The van der Waals surface area contributed by atoms with Crippen molar-refractivity contribution in [1.29, 1.82) is 0 Å². The smallest absolute Gasteiger partial charge is 0.271 e. The average Bonchev–Trinajstić information content (AvgIpc) is 2.99. The van der Waals surface area contributed by atoms with Crippen molar-refractivity contribution in [2.75, 3.05) is 33.7 Å². The summed E-state index contributed by atoms with van der Waals surface area (Å²) in [6.07, 6.45) is 5.84. The van der Waals surface area contributed by atoms with Gasteiger partial charge in [-0.1, -0.05) is 0 Å². The lowest BCUT2D eigenvalue weighted by Crippen LogP contribution is -2.43. The molecular formula is C16H25N5O2. The van der Waals surface area contributed by atoms with Crippen LogP contribution in [0.4, 0.5) is 0 Å². The molecule has 126 valence electrons. The van der Waals surface area contributed by atoms with Crippen molar-refractivity contribution >= 4 is 11.8 Å². The number of aryl methyl sites for hydroxylation is 1. The molecule has 0 spiro atoms. The normalized spacial score (nSPS) is 18.0. The van der Waals surface area contributed by atoms with Crippen molar-refractivity contribution in [3.8, 4) is 0 Å². The predicted octanol–water partition coefficient (Wildman–Crippen LogP) is 0.458. The molecule has 2 rings (SSSR count). The van der Waals surface area contributed by atoms with E-state index in [2.05, 4.69) is 20.2 Å². The van der Waals surface area contributed by atoms with Crippen molar-refractivity contribution in [1.82, 2.24) is 25.1 Å². The Balaban J connectivity index is 1.73. The molecule has 1 aliphatic rings. The lowest BCUT2D eigenvalue weighted by molar-refractivity contribution is -0.133. The first-order chi connectivity index (χ1) is 11.0.